The second-order valence-electron chi connectivity index (χ2n) is 4.53. The van der Waals surface area contributed by atoms with Gasteiger partial charge in [-0.25, -0.2) is 0 Å². The van der Waals surface area contributed by atoms with Crippen LogP contribution in [0.1, 0.15) is 32.6 Å². The van der Waals surface area contributed by atoms with E-state index in [1.165, 1.54) is 12.8 Å². The van der Waals surface area contributed by atoms with Gasteiger partial charge >= 0.3 is 5.97 Å². The highest BCUT2D eigenvalue weighted by molar-refractivity contribution is 5.69. The lowest BCUT2D eigenvalue weighted by molar-refractivity contribution is -0.139. The van der Waals surface area contributed by atoms with Crippen molar-refractivity contribution in [3.05, 3.63) is 12.7 Å². The summed E-state index contributed by atoms with van der Waals surface area (Å²) in [6, 6.07) is 0.440. The third-order valence-electron chi connectivity index (χ3n) is 3.20. The number of carboxylic acid groups (broad SMARTS) is 1. The van der Waals surface area contributed by atoms with Gasteiger partial charge in [0.15, 0.2) is 0 Å². The largest absolute Gasteiger partial charge is 0.480 e. The van der Waals surface area contributed by atoms with E-state index in [4.69, 9.17) is 5.11 Å². The molecule has 0 atom stereocenters. The Morgan fingerprint density at radius 1 is 1.47 bits per heavy atom. The molecule has 1 saturated carbocycles. The molecule has 0 unspecified atom stereocenters. The normalized spacial score (nSPS) is 26.5. The Bertz CT molecular complexity index is 220. The summed E-state index contributed by atoms with van der Waals surface area (Å²) in [6.45, 7) is 6.78. The molecule has 0 spiro atoms. The number of nitrogens with zero attached hydrogens (tertiary/aromatic N) is 1. The van der Waals surface area contributed by atoms with Crippen molar-refractivity contribution in [2.75, 3.05) is 13.1 Å². The quantitative estimate of drug-likeness (QED) is 0.708. The molecule has 15 heavy (non-hydrogen) atoms. The first kappa shape index (κ1) is 12.2. The molecule has 0 bridgehead atoms. The summed E-state index contributed by atoms with van der Waals surface area (Å²) in [6.07, 6.45) is 6.49. The predicted molar refractivity (Wildman–Crippen MR) is 60.8 cm³/mol. The van der Waals surface area contributed by atoms with E-state index < -0.39 is 5.97 Å². The van der Waals surface area contributed by atoms with E-state index in [0.717, 1.165) is 18.8 Å². The molecule has 0 aromatic carbocycles. The number of carbonyl (C=O) groups is 1. The van der Waals surface area contributed by atoms with E-state index in [1.807, 2.05) is 4.90 Å². The van der Waals surface area contributed by atoms with Gasteiger partial charge < -0.3 is 5.11 Å². The number of carboxylic acids is 1. The number of rotatable bonds is 5. The summed E-state index contributed by atoms with van der Waals surface area (Å²) in [5.41, 5.74) is 0. The summed E-state index contributed by atoms with van der Waals surface area (Å²) in [7, 11) is 0. The van der Waals surface area contributed by atoms with Gasteiger partial charge in [-0.3, -0.25) is 9.69 Å². The van der Waals surface area contributed by atoms with Crippen LogP contribution in [-0.2, 0) is 4.79 Å². The van der Waals surface area contributed by atoms with Crippen LogP contribution in [0.3, 0.4) is 0 Å². The third kappa shape index (κ3) is 4.04. The van der Waals surface area contributed by atoms with Crippen molar-refractivity contribution in [1.82, 2.24) is 4.90 Å². The van der Waals surface area contributed by atoms with Crippen LogP contribution in [0.5, 0.6) is 0 Å². The molecule has 0 radical (unpaired) electrons. The Kier molecular flexibility index (Phi) is 4.82. The maximum Gasteiger partial charge on any atom is 0.317 e. The SMILES string of the molecule is C=CCN(CC(=O)O)C1CCC(C)CC1. The monoisotopic (exact) mass is 211 g/mol. The van der Waals surface area contributed by atoms with Crippen molar-refractivity contribution in [2.24, 2.45) is 5.92 Å². The highest BCUT2D eigenvalue weighted by atomic mass is 16.4. The summed E-state index contributed by atoms with van der Waals surface area (Å²) in [5.74, 6) is 0.0622. The van der Waals surface area contributed by atoms with Gasteiger partial charge in [-0.2, -0.15) is 0 Å². The molecule has 1 aliphatic rings. The van der Waals surface area contributed by atoms with Crippen LogP contribution in [0.25, 0.3) is 0 Å². The van der Waals surface area contributed by atoms with Crippen LogP contribution < -0.4 is 0 Å². The minimum absolute atomic E-state index is 0.144. The summed E-state index contributed by atoms with van der Waals surface area (Å²) in [5, 5.41) is 8.82. The molecule has 0 aromatic heterocycles. The van der Waals surface area contributed by atoms with Crippen molar-refractivity contribution in [3.63, 3.8) is 0 Å². The second kappa shape index (κ2) is 5.91. The van der Waals surface area contributed by atoms with Gasteiger partial charge in [0.05, 0.1) is 6.54 Å². The van der Waals surface area contributed by atoms with Crippen LogP contribution in [0, 0.1) is 5.92 Å². The third-order valence-corrected chi connectivity index (χ3v) is 3.20. The lowest BCUT2D eigenvalue weighted by atomic mass is 9.86. The van der Waals surface area contributed by atoms with E-state index in [9.17, 15) is 4.79 Å². The van der Waals surface area contributed by atoms with Crippen LogP contribution in [-0.4, -0.2) is 35.1 Å². The van der Waals surface area contributed by atoms with E-state index in [2.05, 4.69) is 13.5 Å². The molecule has 0 aliphatic heterocycles. The highest BCUT2D eigenvalue weighted by Crippen LogP contribution is 2.26. The Balaban J connectivity index is 2.47. The van der Waals surface area contributed by atoms with Gasteiger partial charge in [0.1, 0.15) is 0 Å². The molecule has 1 N–H and O–H groups in total. The number of hydrogen-bond donors (Lipinski definition) is 1. The molecule has 3 nitrogen and oxygen atoms in total. The Labute approximate surface area is 91.8 Å². The molecular formula is C12H21NO2. The molecule has 86 valence electrons. The fraction of sp³-hybridized carbons (Fsp3) is 0.750. The molecule has 0 saturated heterocycles. The van der Waals surface area contributed by atoms with Gasteiger partial charge in [-0.15, -0.1) is 6.58 Å². The van der Waals surface area contributed by atoms with Gasteiger partial charge in [-0.1, -0.05) is 13.0 Å². The van der Waals surface area contributed by atoms with Crippen molar-refractivity contribution < 1.29 is 9.90 Å². The molecule has 1 fully saturated rings. The second-order valence-corrected chi connectivity index (χ2v) is 4.53. The summed E-state index contributed by atoms with van der Waals surface area (Å²) < 4.78 is 0. The van der Waals surface area contributed by atoms with Crippen LogP contribution in [0.4, 0.5) is 0 Å². The Morgan fingerprint density at radius 2 is 2.07 bits per heavy atom. The number of aliphatic carboxylic acids is 1. The average molecular weight is 211 g/mol. The minimum atomic E-state index is -0.740. The molecule has 0 aromatic rings. The van der Waals surface area contributed by atoms with Crippen LogP contribution >= 0.6 is 0 Å². The van der Waals surface area contributed by atoms with Crippen molar-refractivity contribution in [2.45, 2.75) is 38.6 Å². The van der Waals surface area contributed by atoms with E-state index in [0.29, 0.717) is 12.6 Å². The van der Waals surface area contributed by atoms with E-state index in [-0.39, 0.29) is 6.54 Å². The van der Waals surface area contributed by atoms with Gasteiger partial charge in [0.2, 0.25) is 0 Å². The van der Waals surface area contributed by atoms with E-state index in [1.54, 1.807) is 6.08 Å². The van der Waals surface area contributed by atoms with Crippen molar-refractivity contribution in [1.29, 1.82) is 0 Å². The first-order chi connectivity index (χ1) is 7.13. The smallest absolute Gasteiger partial charge is 0.317 e. The zero-order valence-electron chi connectivity index (χ0n) is 9.48. The van der Waals surface area contributed by atoms with Crippen molar-refractivity contribution in [3.8, 4) is 0 Å². The standard InChI is InChI=1S/C12H21NO2/c1-3-8-13(9-12(14)15)11-6-4-10(2)5-7-11/h3,10-11H,1,4-9H2,2H3,(H,14,15). The molecule has 0 heterocycles. The summed E-state index contributed by atoms with van der Waals surface area (Å²) >= 11 is 0. The van der Waals surface area contributed by atoms with Crippen LogP contribution in [0.15, 0.2) is 12.7 Å². The molecule has 3 heteroatoms. The lowest BCUT2D eigenvalue weighted by Crippen LogP contribution is -2.41. The average Bonchev–Trinajstić information content (AvgIpc) is 2.17. The fourth-order valence-electron chi connectivity index (χ4n) is 2.29. The first-order valence-electron chi connectivity index (χ1n) is 5.70. The predicted octanol–water partition coefficient (Wildman–Crippen LogP) is 2.14. The van der Waals surface area contributed by atoms with Crippen molar-refractivity contribution >= 4 is 5.97 Å². The first-order valence-corrected chi connectivity index (χ1v) is 5.70. The number of hydrogen-bond acceptors (Lipinski definition) is 2. The maximum atomic E-state index is 10.7. The van der Waals surface area contributed by atoms with Crippen LogP contribution in [0.2, 0.25) is 0 Å². The Morgan fingerprint density at radius 3 is 2.53 bits per heavy atom. The molecular weight excluding hydrogens is 190 g/mol. The Hall–Kier alpha value is -0.830. The van der Waals surface area contributed by atoms with Gasteiger partial charge in [0.25, 0.3) is 0 Å². The highest BCUT2D eigenvalue weighted by Gasteiger charge is 2.24. The minimum Gasteiger partial charge on any atom is -0.480 e. The lowest BCUT2D eigenvalue weighted by Gasteiger charge is -2.34. The molecule has 1 rings (SSSR count). The molecule has 1 aliphatic carbocycles. The molecule has 0 amide bonds. The van der Waals surface area contributed by atoms with E-state index >= 15 is 0 Å². The maximum absolute atomic E-state index is 10.7. The fourth-order valence-corrected chi connectivity index (χ4v) is 2.29. The zero-order chi connectivity index (χ0) is 11.3. The summed E-state index contributed by atoms with van der Waals surface area (Å²) in [4.78, 5) is 12.7. The van der Waals surface area contributed by atoms with Gasteiger partial charge in [-0.05, 0) is 31.6 Å². The van der Waals surface area contributed by atoms with Gasteiger partial charge in [0, 0.05) is 12.6 Å². The topological polar surface area (TPSA) is 40.5 Å². The zero-order valence-corrected chi connectivity index (χ0v) is 9.48.